The second kappa shape index (κ2) is 8.60. The molecule has 2 aliphatic heterocycles. The lowest BCUT2D eigenvalue weighted by Crippen LogP contribution is -2.46. The van der Waals surface area contributed by atoms with Gasteiger partial charge in [-0.1, -0.05) is 0 Å². The molecule has 0 spiro atoms. The van der Waals surface area contributed by atoms with Crippen LogP contribution in [0.4, 0.5) is 0 Å². The predicted octanol–water partition coefficient (Wildman–Crippen LogP) is 0.699. The molecule has 0 aromatic carbocycles. The molecule has 2 rings (SSSR count). The normalized spacial score (nSPS) is 24.6. The van der Waals surface area contributed by atoms with Gasteiger partial charge in [0.1, 0.15) is 0 Å². The topological polar surface area (TPSA) is 44.8 Å². The molecule has 0 radical (unpaired) electrons. The van der Waals surface area contributed by atoms with Crippen molar-refractivity contribution in [2.75, 3.05) is 52.9 Å². The van der Waals surface area contributed by atoms with Crippen molar-refractivity contribution in [3.63, 3.8) is 0 Å². The number of amides is 1. The van der Waals surface area contributed by atoms with E-state index in [0.717, 1.165) is 58.7 Å². The minimum atomic E-state index is 0.259. The highest BCUT2D eigenvalue weighted by Gasteiger charge is 2.17. The first-order valence-electron chi connectivity index (χ1n) is 8.04. The Morgan fingerprint density at radius 1 is 1.35 bits per heavy atom. The van der Waals surface area contributed by atoms with Crippen molar-refractivity contribution >= 4 is 5.91 Å². The molecule has 0 aromatic heterocycles. The summed E-state index contributed by atoms with van der Waals surface area (Å²) in [6.07, 6.45) is 5.37. The first kappa shape index (κ1) is 15.7. The Balaban J connectivity index is 1.58. The highest BCUT2D eigenvalue weighted by Crippen LogP contribution is 2.17. The predicted molar refractivity (Wildman–Crippen MR) is 79.8 cm³/mol. The summed E-state index contributed by atoms with van der Waals surface area (Å²) in [5.74, 6) is 0.259. The van der Waals surface area contributed by atoms with E-state index in [1.54, 1.807) is 0 Å². The van der Waals surface area contributed by atoms with Gasteiger partial charge in [-0.15, -0.1) is 0 Å². The summed E-state index contributed by atoms with van der Waals surface area (Å²) in [6, 6.07) is 0. The third-order valence-electron chi connectivity index (χ3n) is 4.34. The van der Waals surface area contributed by atoms with Gasteiger partial charge in [0, 0.05) is 59.3 Å². The quantitative estimate of drug-likeness (QED) is 0.779. The fourth-order valence-corrected chi connectivity index (χ4v) is 2.86. The van der Waals surface area contributed by atoms with Crippen molar-refractivity contribution < 1.29 is 9.53 Å². The maximum atomic E-state index is 12.1. The van der Waals surface area contributed by atoms with Gasteiger partial charge >= 0.3 is 0 Å². The number of rotatable bonds is 6. The van der Waals surface area contributed by atoms with Crippen LogP contribution in [-0.2, 0) is 9.53 Å². The van der Waals surface area contributed by atoms with Gasteiger partial charge < -0.3 is 15.0 Å². The Kier molecular flexibility index (Phi) is 6.76. The average molecular weight is 283 g/mol. The molecule has 1 N–H and O–H groups in total. The molecule has 2 saturated heterocycles. The molecule has 0 aromatic rings. The van der Waals surface area contributed by atoms with Gasteiger partial charge in [-0.3, -0.25) is 9.69 Å². The van der Waals surface area contributed by atoms with Crippen LogP contribution < -0.4 is 5.32 Å². The van der Waals surface area contributed by atoms with Crippen molar-refractivity contribution in [3.05, 3.63) is 0 Å². The molecule has 1 amide bonds. The molecular weight excluding hydrogens is 254 g/mol. The second-order valence-electron chi connectivity index (χ2n) is 5.93. The molecule has 1 unspecified atom stereocenters. The molecule has 5 heteroatoms. The Labute approximate surface area is 122 Å². The Morgan fingerprint density at radius 2 is 2.15 bits per heavy atom. The van der Waals surface area contributed by atoms with E-state index >= 15 is 0 Å². The Morgan fingerprint density at radius 3 is 2.85 bits per heavy atom. The number of piperazine rings is 1. The fourth-order valence-electron chi connectivity index (χ4n) is 2.86. The molecule has 1 atom stereocenters. The van der Waals surface area contributed by atoms with Gasteiger partial charge in [-0.05, 0) is 25.7 Å². The molecule has 2 fully saturated rings. The molecular formula is C15H29N3O2. The van der Waals surface area contributed by atoms with E-state index in [9.17, 15) is 4.79 Å². The number of nitrogens with one attached hydrogen (secondary N) is 1. The van der Waals surface area contributed by atoms with Crippen LogP contribution in [0.15, 0.2) is 0 Å². The molecule has 2 heterocycles. The van der Waals surface area contributed by atoms with Crippen molar-refractivity contribution in [3.8, 4) is 0 Å². The first-order valence-corrected chi connectivity index (χ1v) is 8.04. The van der Waals surface area contributed by atoms with Crippen LogP contribution in [0.5, 0.6) is 0 Å². The number of ether oxygens (including phenoxy) is 1. The van der Waals surface area contributed by atoms with Gasteiger partial charge in [0.2, 0.25) is 5.91 Å². The zero-order valence-electron chi connectivity index (χ0n) is 12.8. The van der Waals surface area contributed by atoms with E-state index in [2.05, 4.69) is 10.2 Å². The fraction of sp³-hybridized carbons (Fsp3) is 0.933. The highest BCUT2D eigenvalue weighted by molar-refractivity contribution is 5.75. The Bertz CT molecular complexity index is 287. The van der Waals surface area contributed by atoms with Crippen LogP contribution >= 0.6 is 0 Å². The van der Waals surface area contributed by atoms with Gasteiger partial charge in [0.05, 0.1) is 6.10 Å². The van der Waals surface area contributed by atoms with Crippen LogP contribution in [0.1, 0.15) is 32.1 Å². The lowest BCUT2D eigenvalue weighted by molar-refractivity contribution is -0.131. The molecule has 5 nitrogen and oxygen atoms in total. The third-order valence-corrected chi connectivity index (χ3v) is 4.34. The van der Waals surface area contributed by atoms with Crippen LogP contribution in [0.25, 0.3) is 0 Å². The number of carbonyl (C=O) groups is 1. The third kappa shape index (κ3) is 5.38. The monoisotopic (exact) mass is 283 g/mol. The summed E-state index contributed by atoms with van der Waals surface area (Å²) in [4.78, 5) is 16.4. The number of likely N-dealkylation sites (N-methyl/N-ethyl adjacent to an activating group) is 1. The van der Waals surface area contributed by atoms with Gasteiger partial charge in [-0.25, -0.2) is 0 Å². The standard InChI is InChI=1S/C15H29N3O2/c1-17(11-12-18-9-7-16-8-10-18)15(19)6-5-14-4-2-3-13-20-14/h14,16H,2-13H2,1H3. The summed E-state index contributed by atoms with van der Waals surface area (Å²) in [6.45, 7) is 7.02. The summed E-state index contributed by atoms with van der Waals surface area (Å²) in [5.41, 5.74) is 0. The van der Waals surface area contributed by atoms with Crippen LogP contribution in [0.3, 0.4) is 0 Å². The lowest BCUT2D eigenvalue weighted by atomic mass is 10.0. The molecule has 20 heavy (non-hydrogen) atoms. The molecule has 2 aliphatic rings. The number of hydrogen-bond acceptors (Lipinski definition) is 4. The van der Waals surface area contributed by atoms with Crippen molar-refractivity contribution in [1.82, 2.24) is 15.1 Å². The van der Waals surface area contributed by atoms with E-state index in [-0.39, 0.29) is 5.91 Å². The van der Waals surface area contributed by atoms with E-state index in [4.69, 9.17) is 4.74 Å². The minimum Gasteiger partial charge on any atom is -0.378 e. The molecule has 116 valence electrons. The van der Waals surface area contributed by atoms with E-state index in [1.807, 2.05) is 11.9 Å². The van der Waals surface area contributed by atoms with E-state index < -0.39 is 0 Å². The minimum absolute atomic E-state index is 0.259. The summed E-state index contributed by atoms with van der Waals surface area (Å²) < 4.78 is 5.68. The zero-order valence-corrected chi connectivity index (χ0v) is 12.8. The van der Waals surface area contributed by atoms with Crippen molar-refractivity contribution in [1.29, 1.82) is 0 Å². The number of carbonyl (C=O) groups excluding carboxylic acids is 1. The van der Waals surface area contributed by atoms with Crippen molar-refractivity contribution in [2.24, 2.45) is 0 Å². The average Bonchev–Trinajstić information content (AvgIpc) is 2.52. The zero-order chi connectivity index (χ0) is 14.2. The molecule has 0 bridgehead atoms. The maximum absolute atomic E-state index is 12.1. The van der Waals surface area contributed by atoms with E-state index in [1.165, 1.54) is 12.8 Å². The van der Waals surface area contributed by atoms with Gasteiger partial charge in [0.25, 0.3) is 0 Å². The summed E-state index contributed by atoms with van der Waals surface area (Å²) in [5, 5.41) is 3.35. The first-order chi connectivity index (χ1) is 9.75. The number of nitrogens with zero attached hydrogens (tertiary/aromatic N) is 2. The van der Waals surface area contributed by atoms with Gasteiger partial charge in [0.15, 0.2) is 0 Å². The van der Waals surface area contributed by atoms with Crippen LogP contribution in [-0.4, -0.2) is 74.7 Å². The molecule has 0 saturated carbocycles. The van der Waals surface area contributed by atoms with E-state index in [0.29, 0.717) is 12.5 Å². The van der Waals surface area contributed by atoms with Crippen LogP contribution in [0.2, 0.25) is 0 Å². The Hall–Kier alpha value is -0.650. The molecule has 0 aliphatic carbocycles. The summed E-state index contributed by atoms with van der Waals surface area (Å²) >= 11 is 0. The van der Waals surface area contributed by atoms with Crippen molar-refractivity contribution in [2.45, 2.75) is 38.2 Å². The van der Waals surface area contributed by atoms with Crippen LogP contribution in [0, 0.1) is 0 Å². The maximum Gasteiger partial charge on any atom is 0.222 e. The smallest absolute Gasteiger partial charge is 0.222 e. The summed E-state index contributed by atoms with van der Waals surface area (Å²) in [7, 11) is 1.92. The second-order valence-corrected chi connectivity index (χ2v) is 5.93. The van der Waals surface area contributed by atoms with Gasteiger partial charge in [-0.2, -0.15) is 0 Å². The number of hydrogen-bond donors (Lipinski definition) is 1. The lowest BCUT2D eigenvalue weighted by Gasteiger charge is -2.29. The highest BCUT2D eigenvalue weighted by atomic mass is 16.5. The largest absolute Gasteiger partial charge is 0.378 e. The SMILES string of the molecule is CN(CCN1CCNCC1)C(=O)CCC1CCCCO1.